The monoisotopic (exact) mass is 398 g/mol. The molecule has 0 spiro atoms. The molecular formula is C14H26Cl4O4. The van der Waals surface area contributed by atoms with Crippen molar-refractivity contribution in [3.05, 3.63) is 0 Å². The highest BCUT2D eigenvalue weighted by Gasteiger charge is 2.46. The van der Waals surface area contributed by atoms with Crippen LogP contribution in [0.4, 0.5) is 0 Å². The third kappa shape index (κ3) is 8.20. The van der Waals surface area contributed by atoms with Gasteiger partial charge in [0.25, 0.3) is 0 Å². The molecule has 0 radical (unpaired) electrons. The van der Waals surface area contributed by atoms with Gasteiger partial charge in [-0.3, -0.25) is 0 Å². The lowest BCUT2D eigenvalue weighted by atomic mass is 9.95. The molecule has 2 atom stereocenters. The second kappa shape index (κ2) is 14.4. The molecule has 134 valence electrons. The first-order chi connectivity index (χ1) is 10.6. The first kappa shape index (κ1) is 23.0. The minimum atomic E-state index is -0.910. The van der Waals surface area contributed by atoms with Crippen molar-refractivity contribution in [1.82, 2.24) is 0 Å². The lowest BCUT2D eigenvalue weighted by molar-refractivity contribution is -0.113. The van der Waals surface area contributed by atoms with Gasteiger partial charge in [0.1, 0.15) is 5.60 Å². The molecule has 22 heavy (non-hydrogen) atoms. The summed E-state index contributed by atoms with van der Waals surface area (Å²) in [6.07, 6.45) is 0. The van der Waals surface area contributed by atoms with Crippen LogP contribution in [0.5, 0.6) is 0 Å². The summed E-state index contributed by atoms with van der Waals surface area (Å²) in [5, 5.41) is -0.992. The highest BCUT2D eigenvalue weighted by atomic mass is 35.5. The fourth-order valence-electron chi connectivity index (χ4n) is 1.89. The number of ether oxygens (including phenoxy) is 4. The van der Waals surface area contributed by atoms with E-state index in [0.29, 0.717) is 38.2 Å². The van der Waals surface area contributed by atoms with E-state index in [0.717, 1.165) is 0 Å². The normalized spacial score (nSPS) is 17.2. The molecule has 0 saturated heterocycles. The third-order valence-corrected chi connectivity index (χ3v) is 4.28. The minimum absolute atomic E-state index is 0.258. The molecule has 0 aliphatic rings. The summed E-state index contributed by atoms with van der Waals surface area (Å²) in [5.41, 5.74) is -0.910. The van der Waals surface area contributed by atoms with Crippen LogP contribution in [-0.2, 0) is 18.9 Å². The highest BCUT2D eigenvalue weighted by molar-refractivity contribution is 6.25. The maximum atomic E-state index is 6.52. The van der Waals surface area contributed by atoms with Crippen molar-refractivity contribution < 1.29 is 18.9 Å². The summed E-state index contributed by atoms with van der Waals surface area (Å²) in [4.78, 5) is 0. The van der Waals surface area contributed by atoms with E-state index in [1.165, 1.54) is 0 Å². The van der Waals surface area contributed by atoms with Crippen LogP contribution < -0.4 is 0 Å². The van der Waals surface area contributed by atoms with Gasteiger partial charge in [0.2, 0.25) is 0 Å². The Morgan fingerprint density at radius 3 is 1.68 bits per heavy atom. The van der Waals surface area contributed by atoms with Crippen molar-refractivity contribution in [2.24, 2.45) is 0 Å². The Morgan fingerprint density at radius 2 is 1.32 bits per heavy atom. The third-order valence-electron chi connectivity index (χ3n) is 2.98. The predicted molar refractivity (Wildman–Crippen MR) is 93.2 cm³/mol. The molecular weight excluding hydrogens is 374 g/mol. The predicted octanol–water partition coefficient (Wildman–Crippen LogP) is 3.52. The molecule has 0 rings (SSSR count). The summed E-state index contributed by atoms with van der Waals surface area (Å²) < 4.78 is 22.3. The van der Waals surface area contributed by atoms with E-state index >= 15 is 0 Å². The van der Waals surface area contributed by atoms with Gasteiger partial charge in [0, 0.05) is 25.0 Å². The molecule has 8 heteroatoms. The first-order valence-electron chi connectivity index (χ1n) is 7.36. The summed E-state index contributed by atoms with van der Waals surface area (Å²) >= 11 is 24.3. The Kier molecular flexibility index (Phi) is 15.0. The van der Waals surface area contributed by atoms with Gasteiger partial charge >= 0.3 is 0 Å². The first-order valence-corrected chi connectivity index (χ1v) is 9.30. The van der Waals surface area contributed by atoms with Gasteiger partial charge in [-0.05, 0) is 13.8 Å². The molecule has 0 N–H and O–H groups in total. The van der Waals surface area contributed by atoms with Crippen molar-refractivity contribution >= 4 is 46.4 Å². The summed E-state index contributed by atoms with van der Waals surface area (Å²) in [6.45, 7) is 6.38. The zero-order valence-corrected chi connectivity index (χ0v) is 16.2. The maximum Gasteiger partial charge on any atom is 0.128 e. The van der Waals surface area contributed by atoms with Crippen LogP contribution in [0, 0.1) is 0 Å². The Bertz CT molecular complexity index is 243. The Balaban J connectivity index is 4.93. The molecule has 2 unspecified atom stereocenters. The molecule has 0 amide bonds. The zero-order valence-electron chi connectivity index (χ0n) is 13.2. The van der Waals surface area contributed by atoms with Gasteiger partial charge < -0.3 is 18.9 Å². The molecule has 0 aliphatic heterocycles. The Hall–Kier alpha value is 1.00. The number of halogens is 4. The average Bonchev–Trinajstić information content (AvgIpc) is 2.51. The van der Waals surface area contributed by atoms with Crippen LogP contribution >= 0.6 is 46.4 Å². The van der Waals surface area contributed by atoms with Crippen LogP contribution in [0.15, 0.2) is 0 Å². The maximum absolute atomic E-state index is 6.52. The zero-order chi connectivity index (χ0) is 16.8. The average molecular weight is 400 g/mol. The van der Waals surface area contributed by atoms with Crippen LogP contribution in [0.3, 0.4) is 0 Å². The van der Waals surface area contributed by atoms with Crippen LogP contribution in [-0.4, -0.2) is 74.4 Å². The standard InChI is InChI=1S/C14H26Cl4O4/c1-3-19-11-14(22-4-2,12(17)9-20-7-5-15)13(18)10-21-8-6-16/h12-13H,3-11H2,1-2H3. The molecule has 0 aromatic rings. The number of hydrogen-bond donors (Lipinski definition) is 0. The van der Waals surface area contributed by atoms with Gasteiger partial charge in [-0.25, -0.2) is 0 Å². The van der Waals surface area contributed by atoms with E-state index in [1.54, 1.807) is 0 Å². The molecule has 0 heterocycles. The van der Waals surface area contributed by atoms with Crippen molar-refractivity contribution in [3.8, 4) is 0 Å². The number of hydrogen-bond acceptors (Lipinski definition) is 4. The van der Waals surface area contributed by atoms with Gasteiger partial charge in [0.15, 0.2) is 0 Å². The highest BCUT2D eigenvalue weighted by Crippen LogP contribution is 2.31. The fraction of sp³-hybridized carbons (Fsp3) is 1.00. The van der Waals surface area contributed by atoms with Crippen molar-refractivity contribution in [2.75, 3.05) is 58.0 Å². The largest absolute Gasteiger partial charge is 0.379 e. The van der Waals surface area contributed by atoms with E-state index < -0.39 is 16.4 Å². The SMILES string of the molecule is CCOCC(OCC)(C(Cl)COCCCl)C(Cl)COCCCl. The number of rotatable bonds is 15. The summed E-state index contributed by atoms with van der Waals surface area (Å²) in [6, 6.07) is 0. The summed E-state index contributed by atoms with van der Waals surface area (Å²) in [7, 11) is 0. The van der Waals surface area contributed by atoms with E-state index in [2.05, 4.69) is 0 Å². The smallest absolute Gasteiger partial charge is 0.128 e. The molecule has 4 nitrogen and oxygen atoms in total. The van der Waals surface area contributed by atoms with Crippen LogP contribution in [0.1, 0.15) is 13.8 Å². The molecule has 0 fully saturated rings. The van der Waals surface area contributed by atoms with Crippen LogP contribution in [0.2, 0.25) is 0 Å². The van der Waals surface area contributed by atoms with E-state index in [4.69, 9.17) is 65.4 Å². The lowest BCUT2D eigenvalue weighted by Gasteiger charge is -2.40. The fourth-order valence-corrected chi connectivity index (χ4v) is 2.91. The minimum Gasteiger partial charge on any atom is -0.379 e. The van der Waals surface area contributed by atoms with E-state index in [9.17, 15) is 0 Å². The van der Waals surface area contributed by atoms with Gasteiger partial charge in [0.05, 0.1) is 43.8 Å². The topological polar surface area (TPSA) is 36.9 Å². The molecule has 0 aliphatic carbocycles. The quantitative estimate of drug-likeness (QED) is 0.312. The van der Waals surface area contributed by atoms with Crippen molar-refractivity contribution in [3.63, 3.8) is 0 Å². The van der Waals surface area contributed by atoms with Crippen molar-refractivity contribution in [1.29, 1.82) is 0 Å². The van der Waals surface area contributed by atoms with E-state index in [-0.39, 0.29) is 19.8 Å². The second-order valence-corrected chi connectivity index (χ2v) is 6.30. The molecule has 0 saturated carbocycles. The van der Waals surface area contributed by atoms with E-state index in [1.807, 2.05) is 13.8 Å². The van der Waals surface area contributed by atoms with Crippen LogP contribution in [0.25, 0.3) is 0 Å². The molecule has 0 bridgehead atoms. The Labute approximate surface area is 153 Å². The van der Waals surface area contributed by atoms with Gasteiger partial charge in [-0.2, -0.15) is 0 Å². The van der Waals surface area contributed by atoms with Crippen molar-refractivity contribution in [2.45, 2.75) is 30.2 Å². The number of alkyl halides is 4. The lowest BCUT2D eigenvalue weighted by Crippen LogP contribution is -2.56. The second-order valence-electron chi connectivity index (χ2n) is 4.49. The Morgan fingerprint density at radius 1 is 0.818 bits per heavy atom. The van der Waals surface area contributed by atoms with Gasteiger partial charge in [-0.15, -0.1) is 46.4 Å². The molecule has 0 aromatic carbocycles. The molecule has 0 aromatic heterocycles. The summed E-state index contributed by atoms with van der Waals surface area (Å²) in [5.74, 6) is 0.805. The van der Waals surface area contributed by atoms with Gasteiger partial charge in [-0.1, -0.05) is 0 Å².